The van der Waals surface area contributed by atoms with Gasteiger partial charge in [0, 0.05) is 19.5 Å². The van der Waals surface area contributed by atoms with E-state index in [0.717, 1.165) is 51.6 Å². The third kappa shape index (κ3) is 3.27. The molecule has 0 amide bonds. The zero-order chi connectivity index (χ0) is 21.9. The highest BCUT2D eigenvalue weighted by Crippen LogP contribution is 2.42. The minimum Gasteiger partial charge on any atom is -0.475 e. The summed E-state index contributed by atoms with van der Waals surface area (Å²) in [6.07, 6.45) is 5.72. The number of pyridine rings is 1. The Bertz CT molecular complexity index is 1060. The van der Waals surface area contributed by atoms with E-state index in [2.05, 4.69) is 19.8 Å². The summed E-state index contributed by atoms with van der Waals surface area (Å²) >= 11 is 6.07. The summed E-state index contributed by atoms with van der Waals surface area (Å²) < 4.78 is 41.2. The van der Waals surface area contributed by atoms with Crippen LogP contribution >= 0.6 is 11.6 Å². The van der Waals surface area contributed by atoms with Gasteiger partial charge in [0.1, 0.15) is 36.1 Å². The summed E-state index contributed by atoms with van der Waals surface area (Å²) in [5, 5.41) is 0.158. The highest BCUT2D eigenvalue weighted by atomic mass is 35.5. The second-order valence-electron chi connectivity index (χ2n) is 9.45. The molecule has 3 atom stereocenters. The second-order valence-corrected chi connectivity index (χ2v) is 9.80. The standard InChI is InChI=1S/C22H26ClF2N5O2/c23-18-16(25)17-15-19(30-8-3-1-2-5-14(30)11-31-20(15)27-18)28-21(26-17)32-12-22-6-4-7-29(22)10-13(24)9-22/h13-14H,1-12H2/t13-,14+,22+/m1/s1. The van der Waals surface area contributed by atoms with Crippen LogP contribution in [-0.4, -0.2) is 70.5 Å². The van der Waals surface area contributed by atoms with E-state index in [4.69, 9.17) is 26.1 Å². The Morgan fingerprint density at radius 1 is 1.16 bits per heavy atom. The Morgan fingerprint density at radius 2 is 2.06 bits per heavy atom. The average Bonchev–Trinajstić information content (AvgIpc) is 3.12. The molecule has 0 aromatic carbocycles. The van der Waals surface area contributed by atoms with E-state index in [9.17, 15) is 4.39 Å². The Kier molecular flexibility index (Phi) is 5.02. The van der Waals surface area contributed by atoms with E-state index < -0.39 is 12.0 Å². The normalized spacial score (nSPS) is 29.9. The summed E-state index contributed by atoms with van der Waals surface area (Å²) in [4.78, 5) is 17.6. The van der Waals surface area contributed by atoms with Crippen LogP contribution in [0.3, 0.4) is 0 Å². The van der Waals surface area contributed by atoms with Crippen molar-refractivity contribution in [2.75, 3.05) is 37.7 Å². The van der Waals surface area contributed by atoms with E-state index in [1.807, 2.05) is 0 Å². The van der Waals surface area contributed by atoms with Crippen molar-refractivity contribution in [1.82, 2.24) is 19.9 Å². The lowest BCUT2D eigenvalue weighted by molar-refractivity contribution is 0.107. The third-order valence-corrected chi connectivity index (χ3v) is 7.71. The van der Waals surface area contributed by atoms with E-state index in [1.54, 1.807) is 0 Å². The number of ether oxygens (including phenoxy) is 2. The van der Waals surface area contributed by atoms with E-state index in [0.29, 0.717) is 30.8 Å². The molecule has 6 heterocycles. The molecule has 172 valence electrons. The molecule has 0 radical (unpaired) electrons. The van der Waals surface area contributed by atoms with Gasteiger partial charge < -0.3 is 14.4 Å². The number of rotatable bonds is 3. The highest BCUT2D eigenvalue weighted by Gasteiger charge is 2.49. The van der Waals surface area contributed by atoms with Crippen LogP contribution in [0.25, 0.3) is 10.9 Å². The predicted octanol–water partition coefficient (Wildman–Crippen LogP) is 3.91. The Hall–Kier alpha value is -2.00. The largest absolute Gasteiger partial charge is 0.475 e. The van der Waals surface area contributed by atoms with Gasteiger partial charge in [-0.2, -0.15) is 15.0 Å². The molecule has 4 aliphatic heterocycles. The zero-order valence-electron chi connectivity index (χ0n) is 17.8. The molecule has 2 aromatic heterocycles. The fourth-order valence-corrected chi connectivity index (χ4v) is 6.07. The highest BCUT2D eigenvalue weighted by molar-refractivity contribution is 6.30. The lowest BCUT2D eigenvalue weighted by Gasteiger charge is -2.31. The predicted molar refractivity (Wildman–Crippen MR) is 116 cm³/mol. The van der Waals surface area contributed by atoms with Gasteiger partial charge in [0.05, 0.1) is 11.6 Å². The van der Waals surface area contributed by atoms with Crippen LogP contribution in [0.15, 0.2) is 0 Å². The fourth-order valence-electron chi connectivity index (χ4n) is 5.91. The Labute approximate surface area is 190 Å². The third-order valence-electron chi connectivity index (χ3n) is 7.46. The van der Waals surface area contributed by atoms with Crippen molar-refractivity contribution in [2.24, 2.45) is 0 Å². The summed E-state index contributed by atoms with van der Waals surface area (Å²) in [5.74, 6) is 0.141. The van der Waals surface area contributed by atoms with Crippen LogP contribution < -0.4 is 14.4 Å². The van der Waals surface area contributed by atoms with Crippen molar-refractivity contribution < 1.29 is 18.3 Å². The van der Waals surface area contributed by atoms with Crippen LogP contribution in [0.1, 0.15) is 44.9 Å². The van der Waals surface area contributed by atoms with Crippen LogP contribution in [0, 0.1) is 5.82 Å². The van der Waals surface area contributed by atoms with Crippen LogP contribution in [-0.2, 0) is 0 Å². The van der Waals surface area contributed by atoms with Crippen LogP contribution in [0.5, 0.6) is 11.9 Å². The zero-order valence-corrected chi connectivity index (χ0v) is 18.6. The maximum Gasteiger partial charge on any atom is 0.319 e. The van der Waals surface area contributed by atoms with Crippen LogP contribution in [0.4, 0.5) is 14.6 Å². The first kappa shape index (κ1) is 20.6. The molecule has 0 unspecified atom stereocenters. The monoisotopic (exact) mass is 465 g/mol. The molecule has 3 fully saturated rings. The van der Waals surface area contributed by atoms with Gasteiger partial charge >= 0.3 is 6.01 Å². The molecule has 0 N–H and O–H groups in total. The Balaban J connectivity index is 1.42. The summed E-state index contributed by atoms with van der Waals surface area (Å²) in [5.41, 5.74) is -0.278. The summed E-state index contributed by atoms with van der Waals surface area (Å²) in [6, 6.07) is 0.207. The van der Waals surface area contributed by atoms with Crippen molar-refractivity contribution >= 4 is 28.3 Å². The van der Waals surface area contributed by atoms with Gasteiger partial charge in [-0.1, -0.05) is 24.4 Å². The topological polar surface area (TPSA) is 63.6 Å². The number of hydrogen-bond acceptors (Lipinski definition) is 7. The first-order chi connectivity index (χ1) is 15.5. The van der Waals surface area contributed by atoms with Gasteiger partial charge in [-0.25, -0.2) is 8.78 Å². The van der Waals surface area contributed by atoms with Gasteiger partial charge in [0.15, 0.2) is 11.0 Å². The minimum atomic E-state index is -0.846. The van der Waals surface area contributed by atoms with E-state index >= 15 is 4.39 Å². The van der Waals surface area contributed by atoms with Gasteiger partial charge in [-0.3, -0.25) is 4.90 Å². The van der Waals surface area contributed by atoms with Crippen molar-refractivity contribution in [2.45, 2.75) is 62.7 Å². The smallest absolute Gasteiger partial charge is 0.319 e. The lowest BCUT2D eigenvalue weighted by Crippen LogP contribution is -2.43. The molecule has 0 bridgehead atoms. The molecule has 4 aliphatic rings. The molecule has 3 saturated heterocycles. The van der Waals surface area contributed by atoms with Gasteiger partial charge in [-0.15, -0.1) is 0 Å². The molecule has 0 saturated carbocycles. The van der Waals surface area contributed by atoms with Crippen molar-refractivity contribution in [1.29, 1.82) is 0 Å². The number of halogens is 3. The molecule has 6 rings (SSSR count). The molecular weight excluding hydrogens is 440 g/mol. The average molecular weight is 466 g/mol. The molecule has 0 aliphatic carbocycles. The maximum absolute atomic E-state index is 15.1. The van der Waals surface area contributed by atoms with Crippen molar-refractivity contribution in [3.05, 3.63) is 11.0 Å². The number of aromatic nitrogens is 3. The van der Waals surface area contributed by atoms with E-state index in [-0.39, 0.29) is 40.7 Å². The maximum atomic E-state index is 15.1. The van der Waals surface area contributed by atoms with Crippen LogP contribution in [0.2, 0.25) is 5.15 Å². The molecule has 32 heavy (non-hydrogen) atoms. The number of nitrogens with zero attached hydrogens (tertiary/aromatic N) is 5. The number of fused-ring (bicyclic) bond motifs is 3. The SMILES string of the molecule is Fc1c(Cl)nc2c3c(nc(OC[C@@]45CCCN4C[C@H](F)C5)nc13)N1CCCCC[C@H]1CO2. The fraction of sp³-hybridized carbons (Fsp3) is 0.682. The molecule has 10 heteroatoms. The molecular formula is C22H26ClF2N5O2. The Morgan fingerprint density at radius 3 is 2.97 bits per heavy atom. The first-order valence-corrected chi connectivity index (χ1v) is 11.9. The minimum absolute atomic E-state index is 0.0560. The quantitative estimate of drug-likeness (QED) is 0.637. The molecule has 2 aromatic rings. The first-order valence-electron chi connectivity index (χ1n) is 11.5. The lowest BCUT2D eigenvalue weighted by atomic mass is 9.95. The number of alkyl halides is 1. The van der Waals surface area contributed by atoms with Crippen molar-refractivity contribution in [3.63, 3.8) is 0 Å². The summed E-state index contributed by atoms with van der Waals surface area (Å²) in [7, 11) is 0. The van der Waals surface area contributed by atoms with Gasteiger partial charge in [-0.05, 0) is 32.2 Å². The summed E-state index contributed by atoms with van der Waals surface area (Å²) in [6.45, 7) is 2.83. The number of hydrogen-bond donors (Lipinski definition) is 0. The molecule has 0 spiro atoms. The number of anilines is 1. The van der Waals surface area contributed by atoms with Gasteiger partial charge in [0.25, 0.3) is 0 Å². The van der Waals surface area contributed by atoms with E-state index in [1.165, 1.54) is 0 Å². The molecule has 7 nitrogen and oxygen atoms in total. The van der Waals surface area contributed by atoms with Gasteiger partial charge in [0.2, 0.25) is 5.88 Å². The van der Waals surface area contributed by atoms with Crippen molar-refractivity contribution in [3.8, 4) is 11.9 Å². The second kappa shape index (κ2) is 7.80.